The Morgan fingerprint density at radius 2 is 1.89 bits per heavy atom. The Morgan fingerprint density at radius 1 is 1.22 bits per heavy atom. The van der Waals surface area contributed by atoms with Gasteiger partial charge in [-0.1, -0.05) is 0 Å². The summed E-state index contributed by atoms with van der Waals surface area (Å²) in [5.41, 5.74) is 0. The van der Waals surface area contributed by atoms with Gasteiger partial charge in [0.2, 0.25) is 0 Å². The number of hydrogen-bond donors (Lipinski definition) is 1. The molecule has 0 radical (unpaired) electrons. The van der Waals surface area contributed by atoms with Crippen LogP contribution in [0.2, 0.25) is 0 Å². The van der Waals surface area contributed by atoms with E-state index in [9.17, 15) is 13.2 Å². The summed E-state index contributed by atoms with van der Waals surface area (Å²) in [6.07, 6.45) is 0.441. The summed E-state index contributed by atoms with van der Waals surface area (Å²) in [6.45, 7) is 3.21. The lowest BCUT2D eigenvalue weighted by Crippen LogP contribution is -2.42. The molecule has 0 aromatic carbocycles. The highest BCUT2D eigenvalue weighted by Crippen LogP contribution is 2.39. The molecule has 18 heavy (non-hydrogen) atoms. The molecule has 2 rings (SSSR count). The summed E-state index contributed by atoms with van der Waals surface area (Å²) in [5.74, 6) is 0.158. The Kier molecular flexibility index (Phi) is 4.52. The minimum Gasteiger partial charge on any atom is -0.313 e. The fourth-order valence-corrected chi connectivity index (χ4v) is 4.22. The molecule has 0 aromatic heterocycles. The first-order valence-electron chi connectivity index (χ1n) is 6.83. The molecule has 2 aliphatic rings. The third kappa shape index (κ3) is 3.80. The second-order valence-electron chi connectivity index (χ2n) is 5.87. The van der Waals surface area contributed by atoms with Crippen LogP contribution in [0.15, 0.2) is 0 Å². The van der Waals surface area contributed by atoms with Crippen LogP contribution in [0, 0.1) is 5.92 Å². The number of rotatable bonds is 3. The van der Waals surface area contributed by atoms with Crippen LogP contribution in [-0.2, 0) is 0 Å². The SMILES string of the molecule is CC1(CNC2CCC(C(F)(F)F)CC2)CCCS1. The molecular formula is C13H22F3NS. The first kappa shape index (κ1) is 14.5. The van der Waals surface area contributed by atoms with Crippen LogP contribution < -0.4 is 5.32 Å². The topological polar surface area (TPSA) is 12.0 Å². The van der Waals surface area contributed by atoms with Gasteiger partial charge in [0.15, 0.2) is 0 Å². The number of alkyl halides is 3. The monoisotopic (exact) mass is 281 g/mol. The van der Waals surface area contributed by atoms with Crippen LogP contribution in [0.4, 0.5) is 13.2 Å². The zero-order valence-corrected chi connectivity index (χ0v) is 11.7. The lowest BCUT2D eigenvalue weighted by molar-refractivity contribution is -0.182. The van der Waals surface area contributed by atoms with Crippen molar-refractivity contribution in [1.82, 2.24) is 5.32 Å². The van der Waals surface area contributed by atoms with Crippen molar-refractivity contribution in [3.05, 3.63) is 0 Å². The van der Waals surface area contributed by atoms with Crippen molar-refractivity contribution in [3.8, 4) is 0 Å². The minimum atomic E-state index is -3.99. The van der Waals surface area contributed by atoms with Gasteiger partial charge in [0.1, 0.15) is 0 Å². The van der Waals surface area contributed by atoms with Gasteiger partial charge < -0.3 is 5.32 Å². The predicted molar refractivity (Wildman–Crippen MR) is 69.9 cm³/mol. The van der Waals surface area contributed by atoms with E-state index >= 15 is 0 Å². The first-order chi connectivity index (χ1) is 8.39. The molecule has 1 atom stereocenters. The van der Waals surface area contributed by atoms with Crippen molar-refractivity contribution in [3.63, 3.8) is 0 Å². The Balaban J connectivity index is 1.71. The highest BCUT2D eigenvalue weighted by atomic mass is 32.2. The Hall–Kier alpha value is 0.100. The summed E-state index contributed by atoms with van der Waals surface area (Å²) in [7, 11) is 0. The number of thioether (sulfide) groups is 1. The lowest BCUT2D eigenvalue weighted by Gasteiger charge is -2.33. The van der Waals surface area contributed by atoms with E-state index in [1.807, 2.05) is 11.8 Å². The second-order valence-corrected chi connectivity index (χ2v) is 7.56. The van der Waals surface area contributed by atoms with E-state index in [1.165, 1.54) is 18.6 Å². The zero-order chi connectivity index (χ0) is 13.2. The van der Waals surface area contributed by atoms with Crippen LogP contribution >= 0.6 is 11.8 Å². The van der Waals surface area contributed by atoms with E-state index in [4.69, 9.17) is 0 Å². The molecular weight excluding hydrogens is 259 g/mol. The number of halogens is 3. The maximum Gasteiger partial charge on any atom is 0.391 e. The molecule has 1 aliphatic heterocycles. The minimum absolute atomic E-state index is 0.293. The third-order valence-corrected chi connectivity index (χ3v) is 5.79. The summed E-state index contributed by atoms with van der Waals surface area (Å²) >= 11 is 2.00. The standard InChI is InChI=1S/C13H22F3NS/c1-12(7-2-8-18-12)9-17-11-5-3-10(4-6-11)13(14,15)16/h10-11,17H,2-9H2,1H3. The summed E-state index contributed by atoms with van der Waals surface area (Å²) < 4.78 is 37.9. The second kappa shape index (κ2) is 5.61. The quantitative estimate of drug-likeness (QED) is 0.839. The normalized spacial score (nSPS) is 38.0. The van der Waals surface area contributed by atoms with Crippen molar-refractivity contribution in [2.45, 2.75) is 62.4 Å². The summed E-state index contributed by atoms with van der Waals surface area (Å²) in [5, 5.41) is 3.49. The fourth-order valence-electron chi connectivity index (χ4n) is 2.96. The molecule has 1 saturated heterocycles. The van der Waals surface area contributed by atoms with Crippen molar-refractivity contribution in [2.24, 2.45) is 5.92 Å². The highest BCUT2D eigenvalue weighted by Gasteiger charge is 2.41. The van der Waals surface area contributed by atoms with Gasteiger partial charge >= 0.3 is 6.18 Å². The predicted octanol–water partition coefficient (Wildman–Crippen LogP) is 3.98. The van der Waals surface area contributed by atoms with Gasteiger partial charge in [-0.2, -0.15) is 24.9 Å². The van der Waals surface area contributed by atoms with Gasteiger partial charge in [0.25, 0.3) is 0 Å². The maximum atomic E-state index is 12.5. The van der Waals surface area contributed by atoms with Gasteiger partial charge in [0.05, 0.1) is 5.92 Å². The molecule has 1 nitrogen and oxygen atoms in total. The molecule has 1 unspecified atom stereocenters. The fraction of sp³-hybridized carbons (Fsp3) is 1.00. The van der Waals surface area contributed by atoms with Crippen molar-refractivity contribution in [2.75, 3.05) is 12.3 Å². The van der Waals surface area contributed by atoms with Crippen LogP contribution in [0.25, 0.3) is 0 Å². The zero-order valence-electron chi connectivity index (χ0n) is 10.9. The molecule has 0 spiro atoms. The molecule has 1 aliphatic carbocycles. The third-order valence-electron chi connectivity index (χ3n) is 4.26. The molecule has 0 aromatic rings. The average molecular weight is 281 g/mol. The van der Waals surface area contributed by atoms with Crippen LogP contribution in [0.3, 0.4) is 0 Å². The Bertz CT molecular complexity index is 266. The van der Waals surface area contributed by atoms with Gasteiger partial charge in [-0.05, 0) is 51.2 Å². The molecule has 1 N–H and O–H groups in total. The first-order valence-corrected chi connectivity index (χ1v) is 7.82. The van der Waals surface area contributed by atoms with E-state index in [1.54, 1.807) is 0 Å². The average Bonchev–Trinajstić information content (AvgIpc) is 2.74. The van der Waals surface area contributed by atoms with E-state index in [0.29, 0.717) is 36.5 Å². The highest BCUT2D eigenvalue weighted by molar-refractivity contribution is 8.00. The van der Waals surface area contributed by atoms with E-state index in [0.717, 1.165) is 6.54 Å². The van der Waals surface area contributed by atoms with Crippen LogP contribution in [0.1, 0.15) is 45.4 Å². The van der Waals surface area contributed by atoms with E-state index < -0.39 is 12.1 Å². The Labute approximate surface area is 111 Å². The van der Waals surface area contributed by atoms with Crippen LogP contribution in [-0.4, -0.2) is 29.3 Å². The molecule has 1 saturated carbocycles. The van der Waals surface area contributed by atoms with Gasteiger partial charge in [-0.15, -0.1) is 0 Å². The molecule has 1 heterocycles. The van der Waals surface area contributed by atoms with E-state index in [-0.39, 0.29) is 0 Å². The largest absolute Gasteiger partial charge is 0.391 e. The van der Waals surface area contributed by atoms with Gasteiger partial charge in [-0.3, -0.25) is 0 Å². The van der Waals surface area contributed by atoms with Crippen molar-refractivity contribution >= 4 is 11.8 Å². The smallest absolute Gasteiger partial charge is 0.313 e. The van der Waals surface area contributed by atoms with E-state index in [2.05, 4.69) is 12.2 Å². The van der Waals surface area contributed by atoms with Crippen LogP contribution in [0.5, 0.6) is 0 Å². The summed E-state index contributed by atoms with van der Waals surface area (Å²) in [6, 6.07) is 0.293. The molecule has 5 heteroatoms. The molecule has 0 amide bonds. The van der Waals surface area contributed by atoms with Gasteiger partial charge in [-0.25, -0.2) is 0 Å². The Morgan fingerprint density at radius 3 is 2.39 bits per heavy atom. The van der Waals surface area contributed by atoms with Gasteiger partial charge in [0, 0.05) is 17.3 Å². The lowest BCUT2D eigenvalue weighted by atomic mass is 9.85. The number of nitrogens with one attached hydrogen (secondary N) is 1. The molecule has 0 bridgehead atoms. The molecule has 2 fully saturated rings. The number of hydrogen-bond acceptors (Lipinski definition) is 2. The maximum absolute atomic E-state index is 12.5. The molecule has 106 valence electrons. The van der Waals surface area contributed by atoms with Crippen molar-refractivity contribution < 1.29 is 13.2 Å². The summed E-state index contributed by atoms with van der Waals surface area (Å²) in [4.78, 5) is 0. The van der Waals surface area contributed by atoms with Crippen molar-refractivity contribution in [1.29, 1.82) is 0 Å².